The Morgan fingerprint density at radius 1 is 1.25 bits per heavy atom. The van der Waals surface area contributed by atoms with Gasteiger partial charge in [0.05, 0.1) is 6.10 Å². The highest BCUT2D eigenvalue weighted by atomic mass is 16.3. The first-order chi connectivity index (χ1) is 5.56. The second kappa shape index (κ2) is 6.44. The number of aliphatic hydroxyl groups is 1. The smallest absolute Gasteiger partial charge is 0.0667 e. The molecule has 0 aliphatic rings. The molecule has 0 heterocycles. The van der Waals surface area contributed by atoms with E-state index in [1.54, 1.807) is 0 Å². The molecular weight excluding hydrogens is 150 g/mol. The molecule has 0 fully saturated rings. The molecule has 0 aromatic carbocycles. The van der Waals surface area contributed by atoms with Crippen LogP contribution in [0.25, 0.3) is 0 Å². The SMILES string of the molecule is CCN(C)C[C@@H](O)CCC(C)C. The number of nitrogens with zero attached hydrogens (tertiary/aromatic N) is 1. The Kier molecular flexibility index (Phi) is 6.39. The molecule has 0 aliphatic heterocycles. The maximum absolute atomic E-state index is 9.56. The van der Waals surface area contributed by atoms with Gasteiger partial charge in [-0.2, -0.15) is 0 Å². The summed E-state index contributed by atoms with van der Waals surface area (Å²) < 4.78 is 0. The molecule has 0 saturated carbocycles. The van der Waals surface area contributed by atoms with E-state index in [0.717, 1.165) is 25.9 Å². The van der Waals surface area contributed by atoms with E-state index >= 15 is 0 Å². The zero-order chi connectivity index (χ0) is 9.56. The van der Waals surface area contributed by atoms with Crippen LogP contribution in [0.3, 0.4) is 0 Å². The van der Waals surface area contributed by atoms with Crippen LogP contribution in [0.2, 0.25) is 0 Å². The molecule has 1 N–H and O–H groups in total. The molecule has 2 nitrogen and oxygen atoms in total. The molecule has 2 heteroatoms. The van der Waals surface area contributed by atoms with Crippen molar-refractivity contribution in [3.8, 4) is 0 Å². The lowest BCUT2D eigenvalue weighted by molar-refractivity contribution is 0.114. The third kappa shape index (κ3) is 6.62. The Morgan fingerprint density at radius 3 is 2.25 bits per heavy atom. The van der Waals surface area contributed by atoms with Crippen LogP contribution in [-0.2, 0) is 0 Å². The van der Waals surface area contributed by atoms with Crippen molar-refractivity contribution in [2.24, 2.45) is 5.92 Å². The van der Waals surface area contributed by atoms with Crippen LogP contribution < -0.4 is 0 Å². The first kappa shape index (κ1) is 11.9. The van der Waals surface area contributed by atoms with E-state index in [2.05, 4.69) is 25.7 Å². The van der Waals surface area contributed by atoms with E-state index < -0.39 is 0 Å². The van der Waals surface area contributed by atoms with Crippen molar-refractivity contribution < 1.29 is 5.11 Å². The second-order valence-electron chi connectivity index (χ2n) is 3.98. The van der Waals surface area contributed by atoms with E-state index in [4.69, 9.17) is 0 Å². The lowest BCUT2D eigenvalue weighted by Gasteiger charge is -2.19. The Balaban J connectivity index is 3.39. The highest BCUT2D eigenvalue weighted by Crippen LogP contribution is 2.07. The molecular formula is C10H23NO. The van der Waals surface area contributed by atoms with Gasteiger partial charge in [0, 0.05) is 6.54 Å². The van der Waals surface area contributed by atoms with Gasteiger partial charge in [0.15, 0.2) is 0 Å². The molecule has 1 atom stereocenters. The number of aliphatic hydroxyl groups excluding tert-OH is 1. The third-order valence-corrected chi connectivity index (χ3v) is 2.14. The minimum absolute atomic E-state index is 0.141. The summed E-state index contributed by atoms with van der Waals surface area (Å²) in [6.07, 6.45) is 1.91. The van der Waals surface area contributed by atoms with Crippen molar-refractivity contribution in [2.45, 2.75) is 39.7 Å². The molecule has 12 heavy (non-hydrogen) atoms. The van der Waals surface area contributed by atoms with Crippen LogP contribution >= 0.6 is 0 Å². The number of rotatable bonds is 6. The normalized spacial score (nSPS) is 14.2. The molecule has 0 spiro atoms. The monoisotopic (exact) mass is 173 g/mol. The van der Waals surface area contributed by atoms with Crippen LogP contribution in [-0.4, -0.2) is 36.2 Å². The summed E-state index contributed by atoms with van der Waals surface area (Å²) in [4.78, 5) is 2.14. The predicted molar refractivity (Wildman–Crippen MR) is 53.2 cm³/mol. The van der Waals surface area contributed by atoms with Gasteiger partial charge in [-0.3, -0.25) is 0 Å². The highest BCUT2D eigenvalue weighted by Gasteiger charge is 2.07. The zero-order valence-electron chi connectivity index (χ0n) is 8.88. The molecule has 0 aliphatic carbocycles. The van der Waals surface area contributed by atoms with E-state index in [9.17, 15) is 5.11 Å². The summed E-state index contributed by atoms with van der Waals surface area (Å²) in [5.41, 5.74) is 0. The largest absolute Gasteiger partial charge is 0.392 e. The summed E-state index contributed by atoms with van der Waals surface area (Å²) >= 11 is 0. The summed E-state index contributed by atoms with van der Waals surface area (Å²) in [6.45, 7) is 8.31. The summed E-state index contributed by atoms with van der Waals surface area (Å²) in [6, 6.07) is 0. The van der Waals surface area contributed by atoms with Gasteiger partial charge in [-0.15, -0.1) is 0 Å². The van der Waals surface area contributed by atoms with Crippen molar-refractivity contribution >= 4 is 0 Å². The van der Waals surface area contributed by atoms with Crippen LogP contribution in [0.4, 0.5) is 0 Å². The first-order valence-electron chi connectivity index (χ1n) is 4.92. The number of hydrogen-bond donors (Lipinski definition) is 1. The topological polar surface area (TPSA) is 23.5 Å². The Hall–Kier alpha value is -0.0800. The fraction of sp³-hybridized carbons (Fsp3) is 1.00. The number of hydrogen-bond acceptors (Lipinski definition) is 2. The molecule has 0 unspecified atom stereocenters. The molecule has 0 rings (SSSR count). The van der Waals surface area contributed by atoms with E-state index in [1.807, 2.05) is 7.05 Å². The standard InChI is InChI=1S/C10H23NO/c1-5-11(4)8-10(12)7-6-9(2)3/h9-10,12H,5-8H2,1-4H3/t10-/m0/s1. The van der Waals surface area contributed by atoms with Crippen molar-refractivity contribution in [3.63, 3.8) is 0 Å². The van der Waals surface area contributed by atoms with Crippen molar-refractivity contribution in [3.05, 3.63) is 0 Å². The van der Waals surface area contributed by atoms with Crippen LogP contribution in [0.15, 0.2) is 0 Å². The van der Waals surface area contributed by atoms with Gasteiger partial charge < -0.3 is 10.0 Å². The van der Waals surface area contributed by atoms with Gasteiger partial charge in [0.1, 0.15) is 0 Å². The zero-order valence-corrected chi connectivity index (χ0v) is 8.88. The molecule has 0 amide bonds. The first-order valence-corrected chi connectivity index (χ1v) is 4.92. The van der Waals surface area contributed by atoms with Gasteiger partial charge >= 0.3 is 0 Å². The van der Waals surface area contributed by atoms with Gasteiger partial charge in [-0.25, -0.2) is 0 Å². The van der Waals surface area contributed by atoms with Gasteiger partial charge in [-0.1, -0.05) is 20.8 Å². The highest BCUT2D eigenvalue weighted by molar-refractivity contribution is 4.61. The maximum Gasteiger partial charge on any atom is 0.0667 e. The van der Waals surface area contributed by atoms with Crippen LogP contribution in [0, 0.1) is 5.92 Å². The van der Waals surface area contributed by atoms with Crippen molar-refractivity contribution in [1.29, 1.82) is 0 Å². The van der Waals surface area contributed by atoms with E-state index in [1.165, 1.54) is 0 Å². The predicted octanol–water partition coefficient (Wildman–Crippen LogP) is 1.74. The Bertz CT molecular complexity index is 104. The Morgan fingerprint density at radius 2 is 1.83 bits per heavy atom. The fourth-order valence-electron chi connectivity index (χ4n) is 1.11. The molecule has 0 bridgehead atoms. The molecule has 0 saturated heterocycles. The minimum atomic E-state index is -0.141. The molecule has 74 valence electrons. The molecule has 0 radical (unpaired) electrons. The van der Waals surface area contributed by atoms with Gasteiger partial charge in [0.2, 0.25) is 0 Å². The summed E-state index contributed by atoms with van der Waals surface area (Å²) in [7, 11) is 2.04. The minimum Gasteiger partial charge on any atom is -0.392 e. The van der Waals surface area contributed by atoms with E-state index in [0.29, 0.717) is 5.92 Å². The second-order valence-corrected chi connectivity index (χ2v) is 3.98. The quantitative estimate of drug-likeness (QED) is 0.661. The number of likely N-dealkylation sites (N-methyl/N-ethyl adjacent to an activating group) is 1. The van der Waals surface area contributed by atoms with Gasteiger partial charge in [-0.05, 0) is 32.4 Å². The third-order valence-electron chi connectivity index (χ3n) is 2.14. The summed E-state index contributed by atoms with van der Waals surface area (Å²) in [5, 5.41) is 9.56. The maximum atomic E-state index is 9.56. The molecule has 0 aromatic heterocycles. The van der Waals surface area contributed by atoms with E-state index in [-0.39, 0.29) is 6.10 Å². The van der Waals surface area contributed by atoms with Crippen LogP contribution in [0.1, 0.15) is 33.6 Å². The average molecular weight is 173 g/mol. The van der Waals surface area contributed by atoms with Crippen molar-refractivity contribution in [1.82, 2.24) is 4.90 Å². The lowest BCUT2D eigenvalue weighted by atomic mass is 10.0. The van der Waals surface area contributed by atoms with Gasteiger partial charge in [0.25, 0.3) is 0 Å². The summed E-state index contributed by atoms with van der Waals surface area (Å²) in [5.74, 6) is 0.701. The molecule has 0 aromatic rings. The van der Waals surface area contributed by atoms with Crippen molar-refractivity contribution in [2.75, 3.05) is 20.1 Å². The lowest BCUT2D eigenvalue weighted by Crippen LogP contribution is -2.29. The van der Waals surface area contributed by atoms with Crippen LogP contribution in [0.5, 0.6) is 0 Å². The fourth-order valence-corrected chi connectivity index (χ4v) is 1.11. The Labute approximate surface area is 76.6 Å². The average Bonchev–Trinajstić information content (AvgIpc) is 2.00.